The number of nitrogens with two attached hydrogens (primary N) is 1. The Morgan fingerprint density at radius 1 is 1.31 bits per heavy atom. The molecule has 0 atom stereocenters. The Bertz CT molecular complexity index is 380. The zero-order valence-electron chi connectivity index (χ0n) is 10.6. The molecule has 0 unspecified atom stereocenters. The molecule has 0 bridgehead atoms. The Hall–Kier alpha value is -0.540. The minimum atomic E-state index is -0.399. The first-order valence-corrected chi connectivity index (χ1v) is 6.23. The standard InChI is InChI=1S/C13H20BrNO/c1-8(2)9-6-12(16-5)10(7-11(9)14)13(3,4)15/h6-8H,15H2,1-5H3. The fraction of sp³-hybridized carbons (Fsp3) is 0.538. The number of hydrogen-bond donors (Lipinski definition) is 1. The van der Waals surface area contributed by atoms with Crippen LogP contribution in [0.25, 0.3) is 0 Å². The molecule has 2 N–H and O–H groups in total. The lowest BCUT2D eigenvalue weighted by Gasteiger charge is -2.24. The van der Waals surface area contributed by atoms with Crippen molar-refractivity contribution in [2.24, 2.45) is 5.73 Å². The van der Waals surface area contributed by atoms with Gasteiger partial charge in [-0.05, 0) is 37.5 Å². The van der Waals surface area contributed by atoms with Gasteiger partial charge in [0.1, 0.15) is 5.75 Å². The van der Waals surface area contributed by atoms with Crippen LogP contribution in [0.5, 0.6) is 5.75 Å². The molecule has 2 nitrogen and oxygen atoms in total. The lowest BCUT2D eigenvalue weighted by molar-refractivity contribution is 0.393. The molecule has 0 aliphatic carbocycles. The number of rotatable bonds is 3. The van der Waals surface area contributed by atoms with Gasteiger partial charge in [0, 0.05) is 15.6 Å². The van der Waals surface area contributed by atoms with Crippen LogP contribution in [0.1, 0.15) is 44.7 Å². The Morgan fingerprint density at radius 3 is 2.25 bits per heavy atom. The van der Waals surface area contributed by atoms with Crippen LogP contribution >= 0.6 is 15.9 Å². The molecular weight excluding hydrogens is 266 g/mol. The summed E-state index contributed by atoms with van der Waals surface area (Å²) in [5, 5.41) is 0. The van der Waals surface area contributed by atoms with Crippen LogP contribution in [0, 0.1) is 0 Å². The third-order valence-corrected chi connectivity index (χ3v) is 3.32. The van der Waals surface area contributed by atoms with Crippen LogP contribution in [0.4, 0.5) is 0 Å². The lowest BCUT2D eigenvalue weighted by atomic mass is 9.91. The third-order valence-electron chi connectivity index (χ3n) is 2.63. The minimum Gasteiger partial charge on any atom is -0.496 e. The van der Waals surface area contributed by atoms with Crippen molar-refractivity contribution < 1.29 is 4.74 Å². The van der Waals surface area contributed by atoms with Gasteiger partial charge in [0.2, 0.25) is 0 Å². The molecule has 1 rings (SSSR count). The fourth-order valence-electron chi connectivity index (χ4n) is 1.68. The topological polar surface area (TPSA) is 35.2 Å². The third kappa shape index (κ3) is 2.77. The maximum absolute atomic E-state index is 6.13. The van der Waals surface area contributed by atoms with Crippen molar-refractivity contribution in [3.8, 4) is 5.75 Å². The molecule has 1 aromatic rings. The molecule has 0 radical (unpaired) electrons. The first-order chi connectivity index (χ1) is 7.27. The summed E-state index contributed by atoms with van der Waals surface area (Å²) in [4.78, 5) is 0. The summed E-state index contributed by atoms with van der Waals surface area (Å²) in [5.41, 5.74) is 7.99. The van der Waals surface area contributed by atoms with E-state index in [1.165, 1.54) is 5.56 Å². The number of hydrogen-bond acceptors (Lipinski definition) is 2. The van der Waals surface area contributed by atoms with E-state index in [1.54, 1.807) is 7.11 Å². The molecule has 0 saturated carbocycles. The van der Waals surface area contributed by atoms with Crippen molar-refractivity contribution in [1.29, 1.82) is 0 Å². The number of halogens is 1. The number of ether oxygens (including phenoxy) is 1. The molecule has 0 amide bonds. The first kappa shape index (κ1) is 13.5. The van der Waals surface area contributed by atoms with Gasteiger partial charge in [-0.1, -0.05) is 29.8 Å². The summed E-state index contributed by atoms with van der Waals surface area (Å²) in [6.07, 6.45) is 0. The molecule has 0 fully saturated rings. The highest BCUT2D eigenvalue weighted by Crippen LogP contribution is 2.36. The molecule has 90 valence electrons. The summed E-state index contributed by atoms with van der Waals surface area (Å²) in [6, 6.07) is 4.13. The van der Waals surface area contributed by atoms with E-state index in [0.717, 1.165) is 15.8 Å². The Labute approximate surface area is 106 Å². The monoisotopic (exact) mass is 285 g/mol. The SMILES string of the molecule is COc1cc(C(C)C)c(Br)cc1C(C)(C)N. The van der Waals surface area contributed by atoms with E-state index in [1.807, 2.05) is 13.8 Å². The molecule has 0 spiro atoms. The lowest BCUT2D eigenvalue weighted by Crippen LogP contribution is -2.29. The maximum atomic E-state index is 6.13. The number of benzene rings is 1. The minimum absolute atomic E-state index is 0.399. The summed E-state index contributed by atoms with van der Waals surface area (Å²) in [5.74, 6) is 1.32. The van der Waals surface area contributed by atoms with E-state index < -0.39 is 5.54 Å². The van der Waals surface area contributed by atoms with Crippen LogP contribution < -0.4 is 10.5 Å². The van der Waals surface area contributed by atoms with Gasteiger partial charge in [0.25, 0.3) is 0 Å². The van der Waals surface area contributed by atoms with Gasteiger partial charge >= 0.3 is 0 Å². The molecule has 3 heteroatoms. The second-order valence-electron chi connectivity index (χ2n) is 4.95. The maximum Gasteiger partial charge on any atom is 0.124 e. The molecule has 0 aromatic heterocycles. The largest absolute Gasteiger partial charge is 0.496 e. The van der Waals surface area contributed by atoms with Gasteiger partial charge < -0.3 is 10.5 Å². The van der Waals surface area contributed by atoms with Crippen LogP contribution in [0.2, 0.25) is 0 Å². The zero-order valence-corrected chi connectivity index (χ0v) is 12.2. The van der Waals surface area contributed by atoms with Crippen molar-refractivity contribution >= 4 is 15.9 Å². The Balaban J connectivity index is 3.38. The van der Waals surface area contributed by atoms with E-state index >= 15 is 0 Å². The average Bonchev–Trinajstić information content (AvgIpc) is 2.15. The van der Waals surface area contributed by atoms with Crippen LogP contribution in [0.15, 0.2) is 16.6 Å². The second kappa shape index (κ2) is 4.76. The molecular formula is C13H20BrNO. The summed E-state index contributed by atoms with van der Waals surface area (Å²) >= 11 is 3.59. The highest BCUT2D eigenvalue weighted by atomic mass is 79.9. The van der Waals surface area contributed by atoms with Gasteiger partial charge in [-0.15, -0.1) is 0 Å². The van der Waals surface area contributed by atoms with E-state index in [2.05, 4.69) is 41.9 Å². The van der Waals surface area contributed by atoms with Gasteiger partial charge in [-0.25, -0.2) is 0 Å². The Morgan fingerprint density at radius 2 is 1.88 bits per heavy atom. The van der Waals surface area contributed by atoms with Gasteiger partial charge in [0.15, 0.2) is 0 Å². The summed E-state index contributed by atoms with van der Waals surface area (Å²) in [6.45, 7) is 8.28. The van der Waals surface area contributed by atoms with E-state index in [-0.39, 0.29) is 0 Å². The normalized spacial score (nSPS) is 12.0. The molecule has 0 saturated heterocycles. The second-order valence-corrected chi connectivity index (χ2v) is 5.80. The van der Waals surface area contributed by atoms with Gasteiger partial charge in [-0.3, -0.25) is 0 Å². The molecule has 0 aliphatic rings. The smallest absolute Gasteiger partial charge is 0.124 e. The van der Waals surface area contributed by atoms with E-state index in [9.17, 15) is 0 Å². The van der Waals surface area contributed by atoms with Crippen LogP contribution in [-0.4, -0.2) is 7.11 Å². The van der Waals surface area contributed by atoms with E-state index in [4.69, 9.17) is 10.5 Å². The Kier molecular flexibility index (Phi) is 4.02. The first-order valence-electron chi connectivity index (χ1n) is 5.44. The molecule has 16 heavy (non-hydrogen) atoms. The quantitative estimate of drug-likeness (QED) is 0.917. The molecule has 0 aliphatic heterocycles. The number of methoxy groups -OCH3 is 1. The highest BCUT2D eigenvalue weighted by Gasteiger charge is 2.21. The molecule has 1 aromatic carbocycles. The van der Waals surface area contributed by atoms with Gasteiger partial charge in [0.05, 0.1) is 7.11 Å². The van der Waals surface area contributed by atoms with Crippen molar-refractivity contribution in [3.05, 3.63) is 27.7 Å². The average molecular weight is 286 g/mol. The van der Waals surface area contributed by atoms with E-state index in [0.29, 0.717) is 5.92 Å². The molecule has 0 heterocycles. The van der Waals surface area contributed by atoms with Gasteiger partial charge in [-0.2, -0.15) is 0 Å². The zero-order chi connectivity index (χ0) is 12.5. The predicted octanol–water partition coefficient (Wildman–Crippen LogP) is 3.77. The summed E-state index contributed by atoms with van der Waals surface area (Å²) in [7, 11) is 1.68. The van der Waals surface area contributed by atoms with Crippen molar-refractivity contribution in [3.63, 3.8) is 0 Å². The fourth-order valence-corrected chi connectivity index (χ4v) is 2.49. The highest BCUT2D eigenvalue weighted by molar-refractivity contribution is 9.10. The van der Waals surface area contributed by atoms with Crippen molar-refractivity contribution in [2.75, 3.05) is 7.11 Å². The summed E-state index contributed by atoms with van der Waals surface area (Å²) < 4.78 is 6.51. The van der Waals surface area contributed by atoms with Crippen LogP contribution in [0.3, 0.4) is 0 Å². The van der Waals surface area contributed by atoms with Crippen molar-refractivity contribution in [2.45, 2.75) is 39.2 Å². The van der Waals surface area contributed by atoms with Crippen LogP contribution in [-0.2, 0) is 5.54 Å². The van der Waals surface area contributed by atoms with Crippen molar-refractivity contribution in [1.82, 2.24) is 0 Å². The predicted molar refractivity (Wildman–Crippen MR) is 72.0 cm³/mol.